The molecule has 1 aromatic carbocycles. The molecule has 10 heteroatoms. The lowest BCUT2D eigenvalue weighted by atomic mass is 10.2. The summed E-state index contributed by atoms with van der Waals surface area (Å²) >= 11 is 6.21. The monoisotopic (exact) mass is 423 g/mol. The summed E-state index contributed by atoms with van der Waals surface area (Å²) in [5.74, 6) is 0.327. The molecule has 1 N–H and O–H groups in total. The molecule has 4 aromatic rings. The Labute approximate surface area is 175 Å². The highest BCUT2D eigenvalue weighted by Crippen LogP contribution is 2.17. The zero-order chi connectivity index (χ0) is 21.3. The van der Waals surface area contributed by atoms with Gasteiger partial charge in [-0.25, -0.2) is 10.2 Å². The highest BCUT2D eigenvalue weighted by Gasteiger charge is 2.19. The molecule has 0 amide bonds. The molecule has 0 radical (unpaired) electrons. The fourth-order valence-electron chi connectivity index (χ4n) is 3.10. The largest absolute Gasteiger partial charge is 0.332 e. The van der Waals surface area contributed by atoms with Gasteiger partial charge in [0.2, 0.25) is 5.95 Å². The minimum absolute atomic E-state index is 0.0637. The van der Waals surface area contributed by atoms with Crippen molar-refractivity contribution in [2.45, 2.75) is 6.54 Å². The molecular formula is C20H18ClN7O2. The first-order valence-corrected chi connectivity index (χ1v) is 9.44. The standard InChI is InChI=1S/C20H18ClN7O2/c1-26-16-17(24-19(26)25-23-11-13-6-5-9-22-10-13)27(2)20(30)28(18(16)29)12-14-7-3-4-8-15(14)21/h3-11H,12H2,1-2H3,(H,24,25)/b23-11-. The molecule has 0 unspecified atom stereocenters. The Morgan fingerprint density at radius 2 is 1.93 bits per heavy atom. The molecule has 30 heavy (non-hydrogen) atoms. The predicted octanol–water partition coefficient (Wildman–Crippen LogP) is 1.98. The molecule has 0 bridgehead atoms. The van der Waals surface area contributed by atoms with Gasteiger partial charge in [0, 0.05) is 37.1 Å². The lowest BCUT2D eigenvalue weighted by molar-refractivity contribution is 0.655. The van der Waals surface area contributed by atoms with Gasteiger partial charge in [-0.1, -0.05) is 35.9 Å². The number of hydrogen-bond donors (Lipinski definition) is 1. The van der Waals surface area contributed by atoms with E-state index < -0.39 is 11.2 Å². The smallest absolute Gasteiger partial charge is 0.306 e. The van der Waals surface area contributed by atoms with E-state index in [9.17, 15) is 9.59 Å². The maximum Gasteiger partial charge on any atom is 0.332 e. The number of nitrogens with zero attached hydrogens (tertiary/aromatic N) is 6. The van der Waals surface area contributed by atoms with Crippen LogP contribution >= 0.6 is 11.6 Å². The van der Waals surface area contributed by atoms with Crippen LogP contribution in [0.4, 0.5) is 5.95 Å². The van der Waals surface area contributed by atoms with E-state index in [4.69, 9.17) is 11.6 Å². The number of nitrogens with one attached hydrogen (secondary N) is 1. The Morgan fingerprint density at radius 3 is 2.67 bits per heavy atom. The third kappa shape index (κ3) is 3.50. The van der Waals surface area contributed by atoms with Crippen molar-refractivity contribution in [2.24, 2.45) is 19.2 Å². The lowest BCUT2D eigenvalue weighted by Crippen LogP contribution is -2.39. The summed E-state index contributed by atoms with van der Waals surface area (Å²) in [4.78, 5) is 34.3. The van der Waals surface area contributed by atoms with Crippen LogP contribution in [-0.4, -0.2) is 29.9 Å². The van der Waals surface area contributed by atoms with Crippen LogP contribution in [0.2, 0.25) is 5.02 Å². The van der Waals surface area contributed by atoms with Crippen LogP contribution < -0.4 is 16.7 Å². The molecule has 4 rings (SSSR count). The number of benzene rings is 1. The van der Waals surface area contributed by atoms with Crippen LogP contribution in [0.25, 0.3) is 11.2 Å². The van der Waals surface area contributed by atoms with Crippen LogP contribution in [0.15, 0.2) is 63.5 Å². The van der Waals surface area contributed by atoms with Crippen molar-refractivity contribution in [3.05, 3.63) is 85.8 Å². The van der Waals surface area contributed by atoms with E-state index in [-0.39, 0.29) is 17.7 Å². The summed E-state index contributed by atoms with van der Waals surface area (Å²) in [5.41, 5.74) is 3.91. The van der Waals surface area contributed by atoms with E-state index >= 15 is 0 Å². The van der Waals surface area contributed by atoms with Crippen molar-refractivity contribution in [3.63, 3.8) is 0 Å². The molecule has 0 spiro atoms. The van der Waals surface area contributed by atoms with E-state index in [1.165, 1.54) is 4.57 Å². The second-order valence-corrected chi connectivity index (χ2v) is 7.05. The molecule has 0 aliphatic carbocycles. The van der Waals surface area contributed by atoms with E-state index in [0.29, 0.717) is 16.5 Å². The second kappa shape index (κ2) is 7.96. The van der Waals surface area contributed by atoms with Crippen molar-refractivity contribution in [1.82, 2.24) is 23.7 Å². The van der Waals surface area contributed by atoms with Gasteiger partial charge in [0.05, 0.1) is 12.8 Å². The molecule has 3 heterocycles. The van der Waals surface area contributed by atoms with Crippen LogP contribution in [0, 0.1) is 0 Å². The number of aromatic nitrogens is 5. The van der Waals surface area contributed by atoms with Gasteiger partial charge in [0.25, 0.3) is 5.56 Å². The van der Waals surface area contributed by atoms with E-state index in [2.05, 4.69) is 20.5 Å². The van der Waals surface area contributed by atoms with Gasteiger partial charge >= 0.3 is 5.69 Å². The fraction of sp³-hybridized carbons (Fsp3) is 0.150. The minimum atomic E-state index is -0.476. The zero-order valence-corrected chi connectivity index (χ0v) is 17.0. The van der Waals surface area contributed by atoms with Crippen molar-refractivity contribution in [1.29, 1.82) is 0 Å². The molecule has 0 aliphatic heterocycles. The summed E-state index contributed by atoms with van der Waals surface area (Å²) in [6, 6.07) is 10.7. The number of pyridine rings is 1. The first-order valence-electron chi connectivity index (χ1n) is 9.06. The molecule has 0 atom stereocenters. The maximum atomic E-state index is 13.1. The summed E-state index contributed by atoms with van der Waals surface area (Å²) in [6.45, 7) is 0.0637. The number of imidazole rings is 1. The number of hydrogen-bond acceptors (Lipinski definition) is 6. The third-order valence-electron chi connectivity index (χ3n) is 4.71. The predicted molar refractivity (Wildman–Crippen MR) is 116 cm³/mol. The quantitative estimate of drug-likeness (QED) is 0.391. The topological polar surface area (TPSA) is 99.1 Å². The Kier molecular flexibility index (Phi) is 5.20. The van der Waals surface area contributed by atoms with Gasteiger partial charge in [-0.3, -0.25) is 18.9 Å². The molecule has 0 saturated carbocycles. The Balaban J connectivity index is 1.76. The number of halogens is 1. The van der Waals surface area contributed by atoms with E-state index in [1.807, 2.05) is 12.1 Å². The molecule has 0 aliphatic rings. The maximum absolute atomic E-state index is 13.1. The zero-order valence-electron chi connectivity index (χ0n) is 16.3. The normalized spacial score (nSPS) is 11.4. The van der Waals surface area contributed by atoms with E-state index in [1.54, 1.807) is 61.5 Å². The number of fused-ring (bicyclic) bond motifs is 1. The highest BCUT2D eigenvalue weighted by molar-refractivity contribution is 6.31. The average Bonchev–Trinajstić information content (AvgIpc) is 3.08. The Bertz CT molecular complexity index is 1370. The van der Waals surface area contributed by atoms with Gasteiger partial charge in [0.1, 0.15) is 0 Å². The van der Waals surface area contributed by atoms with Crippen LogP contribution in [0.5, 0.6) is 0 Å². The van der Waals surface area contributed by atoms with Crippen LogP contribution in [-0.2, 0) is 20.6 Å². The summed E-state index contributed by atoms with van der Waals surface area (Å²) in [5, 5.41) is 4.63. The molecular weight excluding hydrogens is 406 g/mol. The highest BCUT2D eigenvalue weighted by atomic mass is 35.5. The summed E-state index contributed by atoms with van der Waals surface area (Å²) in [6.07, 6.45) is 4.92. The summed E-state index contributed by atoms with van der Waals surface area (Å²) < 4.78 is 4.05. The Hall–Kier alpha value is -3.72. The van der Waals surface area contributed by atoms with Gasteiger partial charge in [-0.05, 0) is 17.7 Å². The number of rotatable bonds is 5. The van der Waals surface area contributed by atoms with E-state index in [0.717, 1.165) is 10.1 Å². The van der Waals surface area contributed by atoms with Gasteiger partial charge in [-0.15, -0.1) is 0 Å². The fourth-order valence-corrected chi connectivity index (χ4v) is 3.29. The molecule has 3 aromatic heterocycles. The first-order chi connectivity index (χ1) is 14.5. The molecule has 0 fully saturated rings. The minimum Gasteiger partial charge on any atom is -0.306 e. The number of aryl methyl sites for hydroxylation is 2. The van der Waals surface area contributed by atoms with Crippen molar-refractivity contribution in [3.8, 4) is 0 Å². The van der Waals surface area contributed by atoms with Crippen molar-refractivity contribution >= 4 is 34.9 Å². The molecule has 9 nitrogen and oxygen atoms in total. The van der Waals surface area contributed by atoms with Crippen LogP contribution in [0.3, 0.4) is 0 Å². The van der Waals surface area contributed by atoms with Gasteiger partial charge in [-0.2, -0.15) is 10.1 Å². The van der Waals surface area contributed by atoms with Crippen molar-refractivity contribution in [2.75, 3.05) is 5.43 Å². The van der Waals surface area contributed by atoms with Gasteiger partial charge in [0.15, 0.2) is 11.2 Å². The molecule has 0 saturated heterocycles. The SMILES string of the molecule is Cn1c(N/N=C\c2cccnc2)nc2c1c(=O)n(Cc1ccccc1Cl)c(=O)n2C. The third-order valence-corrected chi connectivity index (χ3v) is 5.08. The lowest BCUT2D eigenvalue weighted by Gasteiger charge is -2.09. The molecule has 152 valence electrons. The average molecular weight is 424 g/mol. The van der Waals surface area contributed by atoms with Crippen LogP contribution in [0.1, 0.15) is 11.1 Å². The van der Waals surface area contributed by atoms with Gasteiger partial charge < -0.3 is 4.57 Å². The second-order valence-electron chi connectivity index (χ2n) is 6.65. The Morgan fingerprint density at radius 1 is 1.13 bits per heavy atom. The number of hydrazone groups is 1. The first kappa shape index (κ1) is 19.6. The summed E-state index contributed by atoms with van der Waals surface area (Å²) in [7, 11) is 3.26. The number of anilines is 1. The van der Waals surface area contributed by atoms with Crippen molar-refractivity contribution < 1.29 is 0 Å².